The Bertz CT molecular complexity index is 772. The number of primary amides is 1. The molecule has 2 aromatic rings. The van der Waals surface area contributed by atoms with E-state index in [1.54, 1.807) is 0 Å². The van der Waals surface area contributed by atoms with Gasteiger partial charge >= 0.3 is 5.97 Å². The predicted octanol–water partition coefficient (Wildman–Crippen LogP) is 3.66. The molecule has 0 aliphatic carbocycles. The molecular weight excluding hydrogens is 330 g/mol. The van der Waals surface area contributed by atoms with E-state index in [9.17, 15) is 9.59 Å². The molecule has 0 spiro atoms. The minimum atomic E-state index is -0.785. The number of carbonyl (C=O) groups is 2. The second-order valence-electron chi connectivity index (χ2n) is 6.91. The van der Waals surface area contributed by atoms with E-state index in [0.29, 0.717) is 19.4 Å². The SMILES string of the molecule is C[C@@H](CCC(N)=O)[C@@H](C)OCc1ccc2ccc(CCC(=O)O)cc2c1. The molecule has 0 aliphatic heterocycles. The Morgan fingerprint density at radius 1 is 1.04 bits per heavy atom. The number of fused-ring (bicyclic) bond motifs is 1. The summed E-state index contributed by atoms with van der Waals surface area (Å²) in [6.45, 7) is 4.57. The molecule has 0 unspecified atom stereocenters. The number of carboxylic acids is 1. The van der Waals surface area contributed by atoms with E-state index in [2.05, 4.69) is 19.1 Å². The fourth-order valence-electron chi connectivity index (χ4n) is 2.84. The van der Waals surface area contributed by atoms with Crippen LogP contribution in [0.1, 0.15) is 44.2 Å². The van der Waals surface area contributed by atoms with E-state index in [4.69, 9.17) is 15.6 Å². The maximum Gasteiger partial charge on any atom is 0.303 e. The van der Waals surface area contributed by atoms with Crippen LogP contribution in [0.4, 0.5) is 0 Å². The molecule has 0 fully saturated rings. The largest absolute Gasteiger partial charge is 0.481 e. The van der Waals surface area contributed by atoms with E-state index >= 15 is 0 Å². The van der Waals surface area contributed by atoms with Gasteiger partial charge in [-0.05, 0) is 53.6 Å². The van der Waals surface area contributed by atoms with Gasteiger partial charge in [-0.15, -0.1) is 0 Å². The molecule has 26 heavy (non-hydrogen) atoms. The summed E-state index contributed by atoms with van der Waals surface area (Å²) in [4.78, 5) is 21.6. The van der Waals surface area contributed by atoms with Crippen molar-refractivity contribution < 1.29 is 19.4 Å². The van der Waals surface area contributed by atoms with Crippen molar-refractivity contribution in [1.29, 1.82) is 0 Å². The molecule has 0 radical (unpaired) electrons. The topological polar surface area (TPSA) is 89.6 Å². The molecule has 0 saturated heterocycles. The molecule has 0 heterocycles. The normalized spacial score (nSPS) is 13.5. The molecule has 2 aromatic carbocycles. The first-order valence-corrected chi connectivity index (χ1v) is 8.98. The average Bonchev–Trinajstić information content (AvgIpc) is 2.61. The number of aliphatic carboxylic acids is 1. The van der Waals surface area contributed by atoms with Crippen LogP contribution in [0.15, 0.2) is 36.4 Å². The molecule has 2 atom stereocenters. The van der Waals surface area contributed by atoms with Crippen molar-refractivity contribution in [3.05, 3.63) is 47.5 Å². The lowest BCUT2D eigenvalue weighted by Gasteiger charge is -2.20. The highest BCUT2D eigenvalue weighted by atomic mass is 16.5. The first-order valence-electron chi connectivity index (χ1n) is 8.98. The number of rotatable bonds is 10. The number of aryl methyl sites for hydroxylation is 1. The third-order valence-electron chi connectivity index (χ3n) is 4.76. The number of hydrogen-bond acceptors (Lipinski definition) is 3. The van der Waals surface area contributed by atoms with Crippen molar-refractivity contribution in [3.8, 4) is 0 Å². The summed E-state index contributed by atoms with van der Waals surface area (Å²) in [7, 11) is 0. The monoisotopic (exact) mass is 357 g/mol. The standard InChI is InChI=1S/C21H27NO4/c1-14(3-9-20(22)23)15(2)26-13-17-5-8-18-7-4-16(6-10-21(24)25)11-19(18)12-17/h4-5,7-8,11-12,14-15H,3,6,9-10,13H2,1-2H3,(H2,22,23)(H,24,25)/t14-,15+/m0/s1. The Morgan fingerprint density at radius 3 is 2.35 bits per heavy atom. The molecule has 0 aromatic heterocycles. The van der Waals surface area contributed by atoms with Gasteiger partial charge in [-0.3, -0.25) is 9.59 Å². The van der Waals surface area contributed by atoms with Crippen molar-refractivity contribution in [3.63, 3.8) is 0 Å². The first kappa shape index (κ1) is 19.9. The molecule has 5 nitrogen and oxygen atoms in total. The van der Waals surface area contributed by atoms with Gasteiger partial charge in [0, 0.05) is 12.8 Å². The molecule has 0 bridgehead atoms. The summed E-state index contributed by atoms with van der Waals surface area (Å²) < 4.78 is 5.95. The Hall–Kier alpha value is -2.40. The molecule has 2 rings (SSSR count). The zero-order chi connectivity index (χ0) is 19.1. The van der Waals surface area contributed by atoms with Gasteiger partial charge < -0.3 is 15.6 Å². The summed E-state index contributed by atoms with van der Waals surface area (Å²) in [6.07, 6.45) is 1.80. The Labute approximate surface area is 154 Å². The van der Waals surface area contributed by atoms with Gasteiger partial charge in [0.05, 0.1) is 12.7 Å². The number of hydrogen-bond donors (Lipinski definition) is 2. The lowest BCUT2D eigenvalue weighted by Crippen LogP contribution is -2.20. The van der Waals surface area contributed by atoms with Crippen LogP contribution in [0.2, 0.25) is 0 Å². The highest BCUT2D eigenvalue weighted by Crippen LogP contribution is 2.21. The van der Waals surface area contributed by atoms with Crippen LogP contribution in [0, 0.1) is 5.92 Å². The molecule has 5 heteroatoms. The second-order valence-corrected chi connectivity index (χ2v) is 6.91. The minimum absolute atomic E-state index is 0.0342. The quantitative estimate of drug-likeness (QED) is 0.679. The van der Waals surface area contributed by atoms with Crippen LogP contribution >= 0.6 is 0 Å². The van der Waals surface area contributed by atoms with E-state index in [-0.39, 0.29) is 24.3 Å². The van der Waals surface area contributed by atoms with E-state index in [1.165, 1.54) is 0 Å². The van der Waals surface area contributed by atoms with E-state index in [1.807, 2.05) is 31.2 Å². The maximum absolute atomic E-state index is 10.9. The number of nitrogens with two attached hydrogens (primary N) is 1. The zero-order valence-electron chi connectivity index (χ0n) is 15.4. The highest BCUT2D eigenvalue weighted by molar-refractivity contribution is 5.84. The molecule has 140 valence electrons. The van der Waals surface area contributed by atoms with Gasteiger partial charge in [-0.25, -0.2) is 0 Å². The maximum atomic E-state index is 10.9. The summed E-state index contributed by atoms with van der Waals surface area (Å²) >= 11 is 0. The van der Waals surface area contributed by atoms with E-state index in [0.717, 1.165) is 28.3 Å². The minimum Gasteiger partial charge on any atom is -0.481 e. The Kier molecular flexibility index (Phi) is 7.16. The van der Waals surface area contributed by atoms with Crippen molar-refractivity contribution in [2.45, 2.75) is 52.2 Å². The molecular formula is C21H27NO4. The Balaban J connectivity index is 1.98. The summed E-state index contributed by atoms with van der Waals surface area (Å²) in [6, 6.07) is 12.2. The Morgan fingerprint density at radius 2 is 1.69 bits per heavy atom. The number of carbonyl (C=O) groups excluding carboxylic acids is 1. The first-order chi connectivity index (χ1) is 12.3. The number of amides is 1. The van der Waals surface area contributed by atoms with Gasteiger partial charge in [0.1, 0.15) is 0 Å². The van der Waals surface area contributed by atoms with Gasteiger partial charge in [0.15, 0.2) is 0 Å². The number of carboxylic acid groups (broad SMARTS) is 1. The third-order valence-corrected chi connectivity index (χ3v) is 4.76. The fraction of sp³-hybridized carbons (Fsp3) is 0.429. The van der Waals surface area contributed by atoms with Crippen LogP contribution < -0.4 is 5.73 Å². The van der Waals surface area contributed by atoms with Gasteiger partial charge in [0.25, 0.3) is 0 Å². The molecule has 0 aliphatic rings. The van der Waals surface area contributed by atoms with Crippen LogP contribution in [0.3, 0.4) is 0 Å². The van der Waals surface area contributed by atoms with E-state index < -0.39 is 5.97 Å². The lowest BCUT2D eigenvalue weighted by atomic mass is 9.99. The third kappa shape index (κ3) is 6.15. The van der Waals surface area contributed by atoms with Gasteiger partial charge in [-0.1, -0.05) is 37.3 Å². The average molecular weight is 357 g/mol. The van der Waals surface area contributed by atoms with Crippen molar-refractivity contribution in [2.24, 2.45) is 11.7 Å². The zero-order valence-corrected chi connectivity index (χ0v) is 15.4. The summed E-state index contributed by atoms with van der Waals surface area (Å²) in [5.41, 5.74) is 7.29. The number of ether oxygens (including phenoxy) is 1. The molecule has 0 saturated carbocycles. The van der Waals surface area contributed by atoms with Gasteiger partial charge in [0.2, 0.25) is 5.91 Å². The lowest BCUT2D eigenvalue weighted by molar-refractivity contribution is -0.137. The van der Waals surface area contributed by atoms with Crippen LogP contribution in [-0.2, 0) is 27.4 Å². The van der Waals surface area contributed by atoms with Crippen molar-refractivity contribution >= 4 is 22.6 Å². The smallest absolute Gasteiger partial charge is 0.303 e. The fourth-order valence-corrected chi connectivity index (χ4v) is 2.84. The van der Waals surface area contributed by atoms with Crippen LogP contribution in [-0.4, -0.2) is 23.1 Å². The summed E-state index contributed by atoms with van der Waals surface area (Å²) in [5.74, 6) is -0.811. The predicted molar refractivity (Wildman–Crippen MR) is 102 cm³/mol. The van der Waals surface area contributed by atoms with Crippen molar-refractivity contribution in [2.75, 3.05) is 0 Å². The molecule has 1 amide bonds. The highest BCUT2D eigenvalue weighted by Gasteiger charge is 2.14. The van der Waals surface area contributed by atoms with Gasteiger partial charge in [-0.2, -0.15) is 0 Å². The van der Waals surface area contributed by atoms with Crippen molar-refractivity contribution in [1.82, 2.24) is 0 Å². The van der Waals surface area contributed by atoms with Crippen LogP contribution in [0.25, 0.3) is 10.8 Å². The summed E-state index contributed by atoms with van der Waals surface area (Å²) in [5, 5.41) is 11.0. The van der Waals surface area contributed by atoms with Crippen LogP contribution in [0.5, 0.6) is 0 Å². The molecule has 3 N–H and O–H groups in total. The number of benzene rings is 2. The second kappa shape index (κ2) is 9.34.